The second-order valence-electron chi connectivity index (χ2n) is 7.47. The predicted octanol–water partition coefficient (Wildman–Crippen LogP) is 3.73. The summed E-state index contributed by atoms with van der Waals surface area (Å²) in [4.78, 5) is 13.4. The summed E-state index contributed by atoms with van der Waals surface area (Å²) in [6, 6.07) is 6.04. The molecule has 0 spiro atoms. The molecule has 1 aliphatic heterocycles. The molecule has 0 radical (unpaired) electrons. The summed E-state index contributed by atoms with van der Waals surface area (Å²) in [7, 11) is 1.68. The normalized spacial score (nSPS) is 17.7. The van der Waals surface area contributed by atoms with Crippen LogP contribution in [-0.4, -0.2) is 55.2 Å². The fourth-order valence-electron chi connectivity index (χ4n) is 3.86. The van der Waals surface area contributed by atoms with Crippen molar-refractivity contribution < 1.29 is 9.47 Å². The average molecular weight is 543 g/mol. The standard InChI is InChI=1S/C21H29N5O2S.HI/c1-27-19-14-16(6-7-18(19)28-17-4-2-3-5-17)15-24-20(22)25-9-11-26(12-10-25)21-23-8-13-29-21;/h6-8,13-14,17H,2-5,9-12,15H2,1H3,(H2,22,24);1H. The third-order valence-corrected chi connectivity index (χ3v) is 6.37. The number of nitrogens with two attached hydrogens (primary N) is 1. The first kappa shape index (κ1) is 22.9. The lowest BCUT2D eigenvalue weighted by Gasteiger charge is -2.35. The third-order valence-electron chi connectivity index (χ3n) is 5.54. The smallest absolute Gasteiger partial charge is 0.191 e. The summed E-state index contributed by atoms with van der Waals surface area (Å²) in [5, 5.41) is 3.09. The molecule has 1 aromatic heterocycles. The van der Waals surface area contributed by atoms with E-state index < -0.39 is 0 Å². The van der Waals surface area contributed by atoms with Crippen molar-refractivity contribution in [2.24, 2.45) is 10.7 Å². The molecular weight excluding hydrogens is 513 g/mol. The van der Waals surface area contributed by atoms with Crippen LogP contribution in [0.15, 0.2) is 34.8 Å². The van der Waals surface area contributed by atoms with Gasteiger partial charge in [-0.3, -0.25) is 0 Å². The van der Waals surface area contributed by atoms with Crippen LogP contribution in [0.5, 0.6) is 11.5 Å². The molecule has 2 heterocycles. The van der Waals surface area contributed by atoms with Crippen molar-refractivity contribution in [2.45, 2.75) is 38.3 Å². The summed E-state index contributed by atoms with van der Waals surface area (Å²) >= 11 is 1.67. The first-order chi connectivity index (χ1) is 14.2. The van der Waals surface area contributed by atoms with E-state index in [2.05, 4.69) is 19.8 Å². The Bertz CT molecular complexity index is 819. The van der Waals surface area contributed by atoms with Crippen LogP contribution in [0.3, 0.4) is 0 Å². The number of hydrogen-bond acceptors (Lipinski definition) is 6. The topological polar surface area (TPSA) is 76.2 Å². The van der Waals surface area contributed by atoms with Gasteiger partial charge in [0.25, 0.3) is 0 Å². The molecule has 1 saturated heterocycles. The second-order valence-corrected chi connectivity index (χ2v) is 8.35. The highest BCUT2D eigenvalue weighted by atomic mass is 127. The quantitative estimate of drug-likeness (QED) is 0.340. The highest BCUT2D eigenvalue weighted by molar-refractivity contribution is 14.0. The number of benzene rings is 1. The minimum absolute atomic E-state index is 0. The SMILES string of the molecule is COc1cc(CN=C(N)N2CCN(c3nccs3)CC2)ccc1OC1CCCC1.I. The Balaban J connectivity index is 0.00000256. The molecule has 2 aliphatic rings. The molecular formula is C21H30IN5O2S. The molecule has 0 atom stereocenters. The van der Waals surface area contributed by atoms with E-state index in [-0.39, 0.29) is 24.0 Å². The van der Waals surface area contributed by atoms with Gasteiger partial charge in [-0.05, 0) is 43.4 Å². The number of rotatable bonds is 6. The van der Waals surface area contributed by atoms with Gasteiger partial charge >= 0.3 is 0 Å². The number of guanidine groups is 1. The number of aromatic nitrogens is 1. The number of anilines is 1. The molecule has 30 heavy (non-hydrogen) atoms. The second kappa shape index (κ2) is 11.0. The van der Waals surface area contributed by atoms with Gasteiger partial charge in [0, 0.05) is 37.8 Å². The summed E-state index contributed by atoms with van der Waals surface area (Å²) in [5.41, 5.74) is 7.32. The van der Waals surface area contributed by atoms with Crippen LogP contribution in [0.2, 0.25) is 0 Å². The van der Waals surface area contributed by atoms with Gasteiger partial charge < -0.3 is 25.0 Å². The minimum atomic E-state index is 0. The van der Waals surface area contributed by atoms with Gasteiger partial charge in [0.1, 0.15) is 0 Å². The number of methoxy groups -OCH3 is 1. The van der Waals surface area contributed by atoms with Gasteiger partial charge in [-0.2, -0.15) is 0 Å². The molecule has 1 saturated carbocycles. The van der Waals surface area contributed by atoms with Crippen molar-refractivity contribution in [3.63, 3.8) is 0 Å². The maximum atomic E-state index is 6.26. The zero-order chi connectivity index (χ0) is 20.1. The van der Waals surface area contributed by atoms with Crippen molar-refractivity contribution in [1.82, 2.24) is 9.88 Å². The van der Waals surface area contributed by atoms with Crippen LogP contribution < -0.4 is 20.1 Å². The molecule has 1 aromatic carbocycles. The maximum Gasteiger partial charge on any atom is 0.191 e. The Morgan fingerprint density at radius 2 is 1.97 bits per heavy atom. The fraction of sp³-hybridized carbons (Fsp3) is 0.524. The Morgan fingerprint density at radius 3 is 2.63 bits per heavy atom. The molecule has 2 fully saturated rings. The van der Waals surface area contributed by atoms with Crippen molar-refractivity contribution in [3.8, 4) is 11.5 Å². The van der Waals surface area contributed by atoms with E-state index in [9.17, 15) is 0 Å². The van der Waals surface area contributed by atoms with E-state index >= 15 is 0 Å². The summed E-state index contributed by atoms with van der Waals surface area (Å²) in [5.74, 6) is 2.17. The zero-order valence-corrected chi connectivity index (χ0v) is 20.5. The fourth-order valence-corrected chi connectivity index (χ4v) is 4.56. The molecule has 7 nitrogen and oxygen atoms in total. The van der Waals surface area contributed by atoms with E-state index in [0.717, 1.165) is 61.2 Å². The molecule has 2 aromatic rings. The van der Waals surface area contributed by atoms with Gasteiger partial charge in [-0.15, -0.1) is 35.3 Å². The highest BCUT2D eigenvalue weighted by Gasteiger charge is 2.20. The number of thiazole rings is 1. The van der Waals surface area contributed by atoms with Crippen LogP contribution in [0, 0.1) is 0 Å². The zero-order valence-electron chi connectivity index (χ0n) is 17.3. The Hall–Kier alpha value is -1.75. The monoisotopic (exact) mass is 543 g/mol. The first-order valence-electron chi connectivity index (χ1n) is 10.3. The molecule has 2 N–H and O–H groups in total. The van der Waals surface area contributed by atoms with Gasteiger partial charge in [-0.1, -0.05) is 6.07 Å². The molecule has 0 amide bonds. The number of ether oxygens (including phenoxy) is 2. The van der Waals surface area contributed by atoms with Crippen molar-refractivity contribution >= 4 is 46.4 Å². The molecule has 0 bridgehead atoms. The van der Waals surface area contributed by atoms with E-state index in [1.165, 1.54) is 12.8 Å². The van der Waals surface area contributed by atoms with Crippen molar-refractivity contribution in [2.75, 3.05) is 38.2 Å². The van der Waals surface area contributed by atoms with Gasteiger partial charge in [-0.25, -0.2) is 9.98 Å². The summed E-state index contributed by atoms with van der Waals surface area (Å²) in [6.07, 6.45) is 6.91. The van der Waals surface area contributed by atoms with Crippen LogP contribution in [0.1, 0.15) is 31.2 Å². The molecule has 9 heteroatoms. The predicted molar refractivity (Wildman–Crippen MR) is 133 cm³/mol. The van der Waals surface area contributed by atoms with Crippen LogP contribution in [0.4, 0.5) is 5.13 Å². The van der Waals surface area contributed by atoms with E-state index in [1.807, 2.05) is 29.8 Å². The van der Waals surface area contributed by atoms with Gasteiger partial charge in [0.05, 0.1) is 19.8 Å². The maximum absolute atomic E-state index is 6.26. The van der Waals surface area contributed by atoms with Crippen molar-refractivity contribution in [3.05, 3.63) is 35.3 Å². The summed E-state index contributed by atoms with van der Waals surface area (Å²) in [6.45, 7) is 4.05. The van der Waals surface area contributed by atoms with E-state index in [0.29, 0.717) is 18.6 Å². The Morgan fingerprint density at radius 1 is 1.20 bits per heavy atom. The van der Waals surface area contributed by atoms with Crippen LogP contribution in [-0.2, 0) is 6.54 Å². The Labute approximate surface area is 199 Å². The first-order valence-corrected chi connectivity index (χ1v) is 11.1. The number of hydrogen-bond donors (Lipinski definition) is 1. The number of nitrogens with zero attached hydrogens (tertiary/aromatic N) is 4. The summed E-state index contributed by atoms with van der Waals surface area (Å²) < 4.78 is 11.7. The molecule has 4 rings (SSSR count). The largest absolute Gasteiger partial charge is 0.493 e. The minimum Gasteiger partial charge on any atom is -0.493 e. The lowest BCUT2D eigenvalue weighted by molar-refractivity contribution is 0.200. The number of aliphatic imine (C=N–C) groups is 1. The lowest BCUT2D eigenvalue weighted by Crippen LogP contribution is -2.51. The highest BCUT2D eigenvalue weighted by Crippen LogP contribution is 2.32. The van der Waals surface area contributed by atoms with Crippen LogP contribution >= 0.6 is 35.3 Å². The van der Waals surface area contributed by atoms with Gasteiger partial charge in [0.15, 0.2) is 22.6 Å². The van der Waals surface area contributed by atoms with Gasteiger partial charge in [0.2, 0.25) is 0 Å². The number of halogens is 1. The van der Waals surface area contributed by atoms with Crippen LogP contribution in [0.25, 0.3) is 0 Å². The van der Waals surface area contributed by atoms with E-state index in [4.69, 9.17) is 15.2 Å². The molecule has 164 valence electrons. The average Bonchev–Trinajstić information content (AvgIpc) is 3.47. The van der Waals surface area contributed by atoms with E-state index in [1.54, 1.807) is 18.4 Å². The van der Waals surface area contributed by atoms with Crippen molar-refractivity contribution in [1.29, 1.82) is 0 Å². The number of piperazine rings is 1. The molecule has 0 unspecified atom stereocenters. The Kier molecular flexibility index (Phi) is 8.43. The molecule has 1 aliphatic carbocycles. The third kappa shape index (κ3) is 5.69. The lowest BCUT2D eigenvalue weighted by atomic mass is 10.2.